The van der Waals surface area contributed by atoms with Gasteiger partial charge in [0.2, 0.25) is 5.69 Å². The molecule has 15 heavy (non-hydrogen) atoms. The van der Waals surface area contributed by atoms with E-state index in [1.165, 1.54) is 10.7 Å². The molecule has 78 valence electrons. The molecule has 0 spiro atoms. The Morgan fingerprint density at radius 1 is 1.47 bits per heavy atom. The van der Waals surface area contributed by atoms with Crippen LogP contribution in [0.15, 0.2) is 41.0 Å². The summed E-state index contributed by atoms with van der Waals surface area (Å²) in [6.45, 7) is 3.16. The van der Waals surface area contributed by atoms with Gasteiger partial charge in [0.05, 0.1) is 5.03 Å². The highest BCUT2D eigenvalue weighted by atomic mass is 32.2. The van der Waals surface area contributed by atoms with Crippen molar-refractivity contribution in [1.29, 1.82) is 0 Å². The van der Waals surface area contributed by atoms with Gasteiger partial charge in [-0.2, -0.15) is 4.57 Å². The van der Waals surface area contributed by atoms with E-state index in [1.807, 2.05) is 0 Å². The van der Waals surface area contributed by atoms with E-state index in [2.05, 4.69) is 65.5 Å². The van der Waals surface area contributed by atoms with Crippen LogP contribution in [0.5, 0.6) is 0 Å². The molecule has 0 saturated carbocycles. The highest BCUT2D eigenvalue weighted by Gasteiger charge is 2.11. The van der Waals surface area contributed by atoms with Gasteiger partial charge in [-0.25, -0.2) is 0 Å². The molecule has 0 atom stereocenters. The fourth-order valence-electron chi connectivity index (χ4n) is 1.52. The van der Waals surface area contributed by atoms with Gasteiger partial charge in [-0.05, 0) is 18.4 Å². The molecule has 0 fully saturated rings. The third-order valence-corrected chi connectivity index (χ3v) is 3.31. The van der Waals surface area contributed by atoms with Crippen LogP contribution < -0.4 is 4.57 Å². The van der Waals surface area contributed by atoms with Gasteiger partial charge in [-0.1, -0.05) is 11.8 Å². The minimum Gasteiger partial charge on any atom is -0.345 e. The molecule has 0 saturated heterocycles. The van der Waals surface area contributed by atoms with Crippen molar-refractivity contribution in [2.45, 2.75) is 13.5 Å². The molecule has 1 aromatic heterocycles. The topological polar surface area (TPSA) is 7.12 Å². The Morgan fingerprint density at radius 2 is 2.33 bits per heavy atom. The fraction of sp³-hybridized carbons (Fsp3) is 0.250. The average Bonchev–Trinajstić information content (AvgIpc) is 2.65. The van der Waals surface area contributed by atoms with Crippen molar-refractivity contribution in [2.24, 2.45) is 0 Å². The van der Waals surface area contributed by atoms with Crippen LogP contribution >= 0.6 is 11.8 Å². The first kappa shape index (κ1) is 10.3. The van der Waals surface area contributed by atoms with E-state index < -0.39 is 0 Å². The second-order valence-corrected chi connectivity index (χ2v) is 4.33. The molecule has 2 nitrogen and oxygen atoms in total. The van der Waals surface area contributed by atoms with Crippen molar-refractivity contribution in [3.8, 4) is 0 Å². The van der Waals surface area contributed by atoms with Gasteiger partial charge in [0.1, 0.15) is 6.54 Å². The van der Waals surface area contributed by atoms with E-state index in [1.54, 1.807) is 11.8 Å². The second kappa shape index (κ2) is 4.53. The highest BCUT2D eigenvalue weighted by molar-refractivity contribution is 8.06. The third kappa shape index (κ3) is 2.23. The maximum Gasteiger partial charge on any atom is 0.207 e. The van der Waals surface area contributed by atoms with Crippen LogP contribution in [0.3, 0.4) is 0 Å². The van der Waals surface area contributed by atoms with Crippen LogP contribution in [0.25, 0.3) is 6.08 Å². The summed E-state index contributed by atoms with van der Waals surface area (Å²) in [7, 11) is 2.07. The van der Waals surface area contributed by atoms with Gasteiger partial charge in [0.15, 0.2) is 6.20 Å². The lowest BCUT2D eigenvalue weighted by molar-refractivity contribution is -0.695. The lowest BCUT2D eigenvalue weighted by Gasteiger charge is -2.08. The van der Waals surface area contributed by atoms with Gasteiger partial charge in [-0.3, -0.25) is 0 Å². The number of aryl methyl sites for hydroxylation is 1. The number of hydrogen-bond donors (Lipinski definition) is 0. The molecule has 0 unspecified atom stereocenters. The maximum atomic E-state index is 2.24. The number of hydrogen-bond acceptors (Lipinski definition) is 2. The fourth-order valence-corrected chi connectivity index (χ4v) is 2.32. The zero-order valence-corrected chi connectivity index (χ0v) is 9.87. The first-order valence-electron chi connectivity index (χ1n) is 5.07. The average molecular weight is 219 g/mol. The first-order chi connectivity index (χ1) is 7.31. The number of nitrogens with zero attached hydrogens (tertiary/aromatic N) is 2. The van der Waals surface area contributed by atoms with E-state index in [4.69, 9.17) is 0 Å². The maximum absolute atomic E-state index is 2.24. The van der Waals surface area contributed by atoms with Crippen molar-refractivity contribution in [3.05, 3.63) is 46.7 Å². The van der Waals surface area contributed by atoms with Gasteiger partial charge in [-0.15, -0.1) is 0 Å². The normalized spacial score (nSPS) is 17.7. The molecule has 0 aliphatic carbocycles. The second-order valence-electron chi connectivity index (χ2n) is 3.41. The molecule has 2 rings (SSSR count). The standard InChI is InChI=1S/C12H15N2S/c1-3-14-7-5-4-6-11(14)10-12-13(2)8-9-15-12/h4-10H,3H2,1-2H3/q+1. The van der Waals surface area contributed by atoms with Crippen molar-refractivity contribution >= 4 is 17.8 Å². The third-order valence-electron chi connectivity index (χ3n) is 2.41. The summed E-state index contributed by atoms with van der Waals surface area (Å²) in [5.41, 5.74) is 1.25. The summed E-state index contributed by atoms with van der Waals surface area (Å²) in [5.74, 6) is 0. The predicted molar refractivity (Wildman–Crippen MR) is 64.8 cm³/mol. The number of rotatable bonds is 2. The molecule has 1 aliphatic heterocycles. The number of thioether (sulfide) groups is 1. The summed E-state index contributed by atoms with van der Waals surface area (Å²) in [6, 6.07) is 6.28. The molecular weight excluding hydrogens is 204 g/mol. The molecule has 1 aliphatic rings. The van der Waals surface area contributed by atoms with E-state index >= 15 is 0 Å². The highest BCUT2D eigenvalue weighted by Crippen LogP contribution is 2.28. The summed E-state index contributed by atoms with van der Waals surface area (Å²) in [6.07, 6.45) is 6.41. The molecular formula is C12H15N2S+. The van der Waals surface area contributed by atoms with Crippen LogP contribution in [0.4, 0.5) is 0 Å². The molecule has 0 bridgehead atoms. The van der Waals surface area contributed by atoms with Crippen LogP contribution in [0.1, 0.15) is 12.6 Å². The van der Waals surface area contributed by atoms with E-state index in [-0.39, 0.29) is 0 Å². The van der Waals surface area contributed by atoms with Gasteiger partial charge >= 0.3 is 0 Å². The van der Waals surface area contributed by atoms with Crippen LogP contribution in [0.2, 0.25) is 0 Å². The Bertz CT molecular complexity index is 410. The van der Waals surface area contributed by atoms with Gasteiger partial charge in [0.25, 0.3) is 0 Å². The molecule has 0 aromatic carbocycles. The number of aromatic nitrogens is 1. The van der Waals surface area contributed by atoms with Crippen molar-refractivity contribution in [2.75, 3.05) is 7.05 Å². The van der Waals surface area contributed by atoms with Gasteiger partial charge < -0.3 is 4.90 Å². The van der Waals surface area contributed by atoms with Crippen molar-refractivity contribution < 1.29 is 4.57 Å². The zero-order valence-electron chi connectivity index (χ0n) is 9.05. The van der Waals surface area contributed by atoms with E-state index in [0.717, 1.165) is 6.54 Å². The quantitative estimate of drug-likeness (QED) is 0.705. The molecule has 0 radical (unpaired) electrons. The van der Waals surface area contributed by atoms with Crippen molar-refractivity contribution in [3.63, 3.8) is 0 Å². The smallest absolute Gasteiger partial charge is 0.207 e. The minimum atomic E-state index is 1.00. The number of pyridine rings is 1. The molecule has 0 N–H and O–H groups in total. The van der Waals surface area contributed by atoms with Crippen LogP contribution in [-0.2, 0) is 6.54 Å². The SMILES string of the molecule is CC[n+]1ccccc1/C=C1\SC=CN1C. The van der Waals surface area contributed by atoms with Gasteiger partial charge in [0, 0.05) is 31.5 Å². The van der Waals surface area contributed by atoms with Crippen LogP contribution in [-0.4, -0.2) is 11.9 Å². The minimum absolute atomic E-state index is 1.00. The Morgan fingerprint density at radius 3 is 3.00 bits per heavy atom. The molecule has 0 amide bonds. The summed E-state index contributed by atoms with van der Waals surface area (Å²) in [4.78, 5) is 2.14. The molecule has 1 aromatic rings. The summed E-state index contributed by atoms with van der Waals surface area (Å²) in [5, 5.41) is 3.37. The predicted octanol–water partition coefficient (Wildman–Crippen LogP) is 2.44. The lowest BCUT2D eigenvalue weighted by Crippen LogP contribution is -2.35. The lowest BCUT2D eigenvalue weighted by atomic mass is 10.3. The monoisotopic (exact) mass is 219 g/mol. The van der Waals surface area contributed by atoms with E-state index in [0.29, 0.717) is 0 Å². The van der Waals surface area contributed by atoms with E-state index in [9.17, 15) is 0 Å². The van der Waals surface area contributed by atoms with Crippen molar-refractivity contribution in [1.82, 2.24) is 4.90 Å². The Kier molecular flexibility index (Phi) is 3.11. The summed E-state index contributed by atoms with van der Waals surface area (Å²) < 4.78 is 2.24. The molecule has 2 heterocycles. The molecule has 3 heteroatoms. The zero-order chi connectivity index (χ0) is 10.7. The van der Waals surface area contributed by atoms with Crippen LogP contribution in [0, 0.1) is 0 Å². The first-order valence-corrected chi connectivity index (χ1v) is 5.95. The Balaban J connectivity index is 2.31. The largest absolute Gasteiger partial charge is 0.345 e. The Labute approximate surface area is 94.9 Å². The summed E-state index contributed by atoms with van der Waals surface area (Å²) >= 11 is 1.76. The Hall–Kier alpha value is -1.22.